The van der Waals surface area contributed by atoms with Crippen LogP contribution in [-0.4, -0.2) is 10.1 Å². The van der Waals surface area contributed by atoms with Crippen LogP contribution in [0.3, 0.4) is 0 Å². The van der Waals surface area contributed by atoms with Gasteiger partial charge in [-0.1, -0.05) is 26.0 Å². The van der Waals surface area contributed by atoms with Gasteiger partial charge in [-0.3, -0.25) is 4.98 Å². The summed E-state index contributed by atoms with van der Waals surface area (Å²) >= 11 is 0. The number of aromatic nitrogens is 1. The monoisotopic (exact) mass is 307 g/mol. The van der Waals surface area contributed by atoms with Crippen molar-refractivity contribution in [2.24, 2.45) is 0 Å². The number of nitrogens with zero attached hydrogens (tertiary/aromatic N) is 1. The Hall–Kier alpha value is -1.88. The van der Waals surface area contributed by atoms with Crippen LogP contribution in [0.1, 0.15) is 43.1 Å². The smallest absolute Gasteiger partial charge is 0.388 e. The molecule has 1 heterocycles. The molecule has 0 aliphatic heterocycles. The maximum Gasteiger partial charge on any atom is 0.416 e. The number of hydrogen-bond donors (Lipinski definition) is 1. The van der Waals surface area contributed by atoms with Gasteiger partial charge >= 0.3 is 6.18 Å². The highest BCUT2D eigenvalue weighted by Crippen LogP contribution is 2.48. The lowest BCUT2D eigenvalue weighted by Gasteiger charge is -2.22. The zero-order valence-electron chi connectivity index (χ0n) is 12.3. The first-order valence-corrected chi connectivity index (χ1v) is 7.04. The van der Waals surface area contributed by atoms with E-state index in [4.69, 9.17) is 0 Å². The van der Waals surface area contributed by atoms with E-state index in [0.29, 0.717) is 12.0 Å². The molecule has 116 valence electrons. The summed E-state index contributed by atoms with van der Waals surface area (Å²) in [4.78, 5) is 4.14. The van der Waals surface area contributed by atoms with Crippen LogP contribution in [0.25, 0.3) is 11.1 Å². The van der Waals surface area contributed by atoms with Crippen LogP contribution in [0.2, 0.25) is 0 Å². The molecule has 3 rings (SSSR count). The number of fused-ring (bicyclic) bond motifs is 1. The second kappa shape index (κ2) is 4.81. The molecular weight excluding hydrogens is 291 g/mol. The quantitative estimate of drug-likeness (QED) is 0.842. The molecule has 1 aromatic carbocycles. The lowest BCUT2D eigenvalue weighted by Crippen LogP contribution is -2.14. The molecule has 0 amide bonds. The average molecular weight is 307 g/mol. The van der Waals surface area contributed by atoms with Gasteiger partial charge in [0.2, 0.25) is 0 Å². The maximum atomic E-state index is 12.7. The van der Waals surface area contributed by atoms with Gasteiger partial charge in [0.25, 0.3) is 0 Å². The molecule has 0 spiro atoms. The number of benzene rings is 1. The molecule has 1 aliphatic rings. The van der Waals surface area contributed by atoms with Crippen LogP contribution < -0.4 is 0 Å². The molecule has 1 aliphatic carbocycles. The van der Waals surface area contributed by atoms with E-state index in [1.807, 2.05) is 13.8 Å². The minimum absolute atomic E-state index is 0.240. The fraction of sp³-hybridized carbons (Fsp3) is 0.353. The highest BCUT2D eigenvalue weighted by molar-refractivity contribution is 5.71. The Morgan fingerprint density at radius 1 is 1.14 bits per heavy atom. The molecule has 0 fully saturated rings. The van der Waals surface area contributed by atoms with E-state index in [0.717, 1.165) is 28.8 Å². The minimum Gasteiger partial charge on any atom is -0.388 e. The first-order valence-electron chi connectivity index (χ1n) is 7.04. The number of pyridine rings is 1. The first-order chi connectivity index (χ1) is 10.2. The zero-order chi connectivity index (χ0) is 16.1. The fourth-order valence-corrected chi connectivity index (χ4v) is 3.24. The summed E-state index contributed by atoms with van der Waals surface area (Å²) in [5.41, 5.74) is 2.29. The second-order valence-electron chi connectivity index (χ2n) is 6.33. The summed E-state index contributed by atoms with van der Waals surface area (Å²) in [6.45, 7) is 4.05. The number of halogens is 3. The van der Waals surface area contributed by atoms with Gasteiger partial charge in [-0.25, -0.2) is 0 Å². The summed E-state index contributed by atoms with van der Waals surface area (Å²) < 4.78 is 38.0. The van der Waals surface area contributed by atoms with Gasteiger partial charge in [0.05, 0.1) is 11.7 Å². The van der Waals surface area contributed by atoms with Gasteiger partial charge in [-0.15, -0.1) is 0 Å². The summed E-state index contributed by atoms with van der Waals surface area (Å²) in [5, 5.41) is 10.2. The van der Waals surface area contributed by atoms with Gasteiger partial charge in [0.1, 0.15) is 0 Å². The van der Waals surface area contributed by atoms with Crippen molar-refractivity contribution in [3.63, 3.8) is 0 Å². The van der Waals surface area contributed by atoms with Crippen LogP contribution in [0.15, 0.2) is 36.7 Å². The van der Waals surface area contributed by atoms with E-state index in [1.54, 1.807) is 12.4 Å². The van der Waals surface area contributed by atoms with Crippen LogP contribution in [-0.2, 0) is 11.6 Å². The molecule has 1 N–H and O–H groups in total. The zero-order valence-corrected chi connectivity index (χ0v) is 12.3. The number of rotatable bonds is 1. The van der Waals surface area contributed by atoms with Crippen molar-refractivity contribution in [2.45, 2.75) is 38.0 Å². The van der Waals surface area contributed by atoms with Gasteiger partial charge < -0.3 is 5.11 Å². The maximum absolute atomic E-state index is 12.7. The van der Waals surface area contributed by atoms with Crippen molar-refractivity contribution in [3.8, 4) is 11.1 Å². The number of aliphatic hydroxyl groups excluding tert-OH is 1. The van der Waals surface area contributed by atoms with Gasteiger partial charge in [-0.05, 0) is 35.1 Å². The summed E-state index contributed by atoms with van der Waals surface area (Å²) in [5.74, 6) is 0. The molecule has 1 atom stereocenters. The van der Waals surface area contributed by atoms with E-state index in [9.17, 15) is 18.3 Å². The molecular formula is C17H16F3NO. The summed E-state index contributed by atoms with van der Waals surface area (Å²) in [6.07, 6.45) is -1.04. The van der Waals surface area contributed by atoms with Crippen molar-refractivity contribution in [1.29, 1.82) is 0 Å². The van der Waals surface area contributed by atoms with Gasteiger partial charge in [0.15, 0.2) is 0 Å². The number of alkyl halides is 3. The predicted molar refractivity (Wildman–Crippen MR) is 77.3 cm³/mol. The third-order valence-electron chi connectivity index (χ3n) is 4.24. The second-order valence-corrected chi connectivity index (χ2v) is 6.33. The van der Waals surface area contributed by atoms with E-state index in [2.05, 4.69) is 4.98 Å². The number of aliphatic hydroxyl groups is 1. The Bertz CT molecular complexity index is 705. The summed E-state index contributed by atoms with van der Waals surface area (Å²) in [7, 11) is 0. The lowest BCUT2D eigenvalue weighted by molar-refractivity contribution is -0.137. The Balaban J connectivity index is 2.11. The van der Waals surface area contributed by atoms with Crippen LogP contribution in [0, 0.1) is 0 Å². The molecule has 0 radical (unpaired) electrons. The molecule has 0 bridgehead atoms. The van der Waals surface area contributed by atoms with E-state index >= 15 is 0 Å². The van der Waals surface area contributed by atoms with E-state index in [1.165, 1.54) is 12.1 Å². The molecule has 2 nitrogen and oxygen atoms in total. The molecule has 0 saturated carbocycles. The molecule has 5 heteroatoms. The lowest BCUT2D eigenvalue weighted by atomic mass is 9.82. The standard InChI is InChI=1S/C17H16F3NO/c1-16(2)7-14(22)13-9-21-8-12(15(13)16)10-3-5-11(6-4-10)17(18,19)20/h3-6,8-9,14,22H,7H2,1-2H3. The molecule has 1 aromatic heterocycles. The van der Waals surface area contributed by atoms with Crippen molar-refractivity contribution < 1.29 is 18.3 Å². The molecule has 1 unspecified atom stereocenters. The van der Waals surface area contributed by atoms with Crippen LogP contribution in [0.5, 0.6) is 0 Å². The first kappa shape index (κ1) is 15.0. The SMILES string of the molecule is CC1(C)CC(O)c2cncc(-c3ccc(C(F)(F)F)cc3)c21. The number of hydrogen-bond acceptors (Lipinski definition) is 2. The molecule has 2 aromatic rings. The molecule has 0 saturated heterocycles. The van der Waals surface area contributed by atoms with Crippen molar-refractivity contribution in [1.82, 2.24) is 4.98 Å². The van der Waals surface area contributed by atoms with E-state index in [-0.39, 0.29) is 5.41 Å². The summed E-state index contributed by atoms with van der Waals surface area (Å²) in [6, 6.07) is 5.07. The average Bonchev–Trinajstić information content (AvgIpc) is 2.68. The normalized spacial score (nSPS) is 20.0. The Morgan fingerprint density at radius 2 is 1.77 bits per heavy atom. The van der Waals surface area contributed by atoms with Crippen LogP contribution in [0.4, 0.5) is 13.2 Å². The largest absolute Gasteiger partial charge is 0.416 e. The van der Waals surface area contributed by atoms with E-state index < -0.39 is 17.8 Å². The Kier molecular flexibility index (Phi) is 3.29. The topological polar surface area (TPSA) is 33.1 Å². The fourth-order valence-electron chi connectivity index (χ4n) is 3.24. The highest BCUT2D eigenvalue weighted by Gasteiger charge is 2.38. The Labute approximate surface area is 126 Å². The minimum atomic E-state index is -4.34. The predicted octanol–water partition coefficient (Wildman–Crippen LogP) is 4.48. The third kappa shape index (κ3) is 2.39. The van der Waals surface area contributed by atoms with Crippen molar-refractivity contribution in [3.05, 3.63) is 53.3 Å². The van der Waals surface area contributed by atoms with Gasteiger partial charge in [-0.2, -0.15) is 13.2 Å². The van der Waals surface area contributed by atoms with Crippen molar-refractivity contribution in [2.75, 3.05) is 0 Å². The highest BCUT2D eigenvalue weighted by atomic mass is 19.4. The Morgan fingerprint density at radius 3 is 2.36 bits per heavy atom. The third-order valence-corrected chi connectivity index (χ3v) is 4.24. The molecule has 22 heavy (non-hydrogen) atoms. The van der Waals surface area contributed by atoms with Crippen molar-refractivity contribution >= 4 is 0 Å². The van der Waals surface area contributed by atoms with Gasteiger partial charge in [0, 0.05) is 23.5 Å². The van der Waals surface area contributed by atoms with Crippen LogP contribution >= 0.6 is 0 Å².